The Kier molecular flexibility index (Phi) is 3.28. The number of hydrogen-bond donors (Lipinski definition) is 0. The molecule has 2 aliphatic carbocycles. The fourth-order valence-corrected chi connectivity index (χ4v) is 4.41. The third kappa shape index (κ3) is 1.88. The highest BCUT2D eigenvalue weighted by molar-refractivity contribution is 6.02. The van der Waals surface area contributed by atoms with Gasteiger partial charge in [0.25, 0.3) is 0 Å². The van der Waals surface area contributed by atoms with Crippen molar-refractivity contribution in [2.75, 3.05) is 0 Å². The van der Waals surface area contributed by atoms with Crippen molar-refractivity contribution in [3.8, 4) is 0 Å². The van der Waals surface area contributed by atoms with Gasteiger partial charge >= 0.3 is 0 Å². The van der Waals surface area contributed by atoms with Crippen LogP contribution in [0.4, 0.5) is 0 Å². The molecule has 0 aromatic carbocycles. The first-order chi connectivity index (χ1) is 10.3. The molecule has 22 heavy (non-hydrogen) atoms. The van der Waals surface area contributed by atoms with Crippen LogP contribution in [0.25, 0.3) is 4.85 Å². The number of allylic oxidation sites excluding steroid dienone is 2. The average Bonchev–Trinajstić information content (AvgIpc) is 2.87. The van der Waals surface area contributed by atoms with E-state index >= 15 is 0 Å². The summed E-state index contributed by atoms with van der Waals surface area (Å²) in [6.07, 6.45) is 7.03. The van der Waals surface area contributed by atoms with Gasteiger partial charge in [-0.05, 0) is 30.7 Å². The largest absolute Gasteiger partial charge is 0.307 e. The number of carbonyl (C=O) groups is 1. The second kappa shape index (κ2) is 4.81. The van der Waals surface area contributed by atoms with Crippen LogP contribution in [0.5, 0.6) is 0 Å². The molecule has 0 saturated carbocycles. The summed E-state index contributed by atoms with van der Waals surface area (Å²) in [5, 5.41) is 4.81. The van der Waals surface area contributed by atoms with E-state index in [1.54, 1.807) is 0 Å². The van der Waals surface area contributed by atoms with Gasteiger partial charge in [-0.25, -0.2) is 4.85 Å². The normalized spacial score (nSPS) is 29.3. The van der Waals surface area contributed by atoms with Gasteiger partial charge in [-0.1, -0.05) is 33.8 Å². The van der Waals surface area contributed by atoms with Gasteiger partial charge in [0.05, 0.1) is 12.3 Å². The van der Waals surface area contributed by atoms with Crippen LogP contribution >= 0.6 is 0 Å². The maximum absolute atomic E-state index is 12.6. The Morgan fingerprint density at radius 2 is 2.18 bits per heavy atom. The Morgan fingerprint density at radius 3 is 2.82 bits per heavy atom. The van der Waals surface area contributed by atoms with Crippen LogP contribution in [-0.4, -0.2) is 15.6 Å². The lowest BCUT2D eigenvalue weighted by Gasteiger charge is -2.49. The topological polar surface area (TPSA) is 39.2 Å². The predicted molar refractivity (Wildman–Crippen MR) is 85.2 cm³/mol. The molecule has 3 rings (SSSR count). The molecule has 4 nitrogen and oxygen atoms in total. The Hall–Kier alpha value is -1.89. The van der Waals surface area contributed by atoms with Gasteiger partial charge in [0.2, 0.25) is 5.70 Å². The van der Waals surface area contributed by atoms with Crippen LogP contribution in [0.3, 0.4) is 0 Å². The van der Waals surface area contributed by atoms with E-state index in [-0.39, 0.29) is 22.8 Å². The number of nitrogens with zero attached hydrogens (tertiary/aromatic N) is 3. The molecule has 1 aromatic heterocycles. The van der Waals surface area contributed by atoms with Gasteiger partial charge in [0, 0.05) is 23.6 Å². The van der Waals surface area contributed by atoms with Gasteiger partial charge in [0.15, 0.2) is 5.78 Å². The van der Waals surface area contributed by atoms with Gasteiger partial charge in [-0.2, -0.15) is 5.10 Å². The van der Waals surface area contributed by atoms with Crippen LogP contribution in [0.15, 0.2) is 18.0 Å². The summed E-state index contributed by atoms with van der Waals surface area (Å²) < 4.78 is 2.02. The molecule has 4 heteroatoms. The quantitative estimate of drug-likeness (QED) is 0.783. The lowest BCUT2D eigenvalue weighted by molar-refractivity contribution is -0.128. The number of carbonyl (C=O) groups excluding carboxylic acids is 1. The highest BCUT2D eigenvalue weighted by Crippen LogP contribution is 2.54. The van der Waals surface area contributed by atoms with E-state index in [2.05, 4.69) is 24.9 Å². The first kappa shape index (κ1) is 15.0. The zero-order valence-electron chi connectivity index (χ0n) is 13.8. The van der Waals surface area contributed by atoms with Crippen molar-refractivity contribution >= 4 is 5.78 Å². The molecular formula is C18H23N3O. The molecule has 2 aliphatic rings. The van der Waals surface area contributed by atoms with E-state index in [0.717, 1.165) is 31.5 Å². The Labute approximate surface area is 132 Å². The summed E-state index contributed by atoms with van der Waals surface area (Å²) in [6, 6.07) is 0. The minimum absolute atomic E-state index is 0.0126. The Morgan fingerprint density at radius 1 is 1.45 bits per heavy atom. The SMILES string of the molecule is [C-]#[N+]C1=C[C@]2(C)c3nn(CCC)cc3CC[C@H]2C(C)(C)C1=O. The monoisotopic (exact) mass is 297 g/mol. The summed E-state index contributed by atoms with van der Waals surface area (Å²) >= 11 is 0. The summed E-state index contributed by atoms with van der Waals surface area (Å²) in [5.74, 6) is 0.192. The molecule has 1 aromatic rings. The molecule has 1 heterocycles. The van der Waals surface area contributed by atoms with Crippen molar-refractivity contribution in [1.29, 1.82) is 0 Å². The van der Waals surface area contributed by atoms with Crippen LogP contribution in [0.1, 0.15) is 51.8 Å². The van der Waals surface area contributed by atoms with Crippen LogP contribution < -0.4 is 0 Å². The minimum atomic E-state index is -0.504. The Bertz CT molecular complexity index is 704. The zero-order chi connectivity index (χ0) is 16.1. The average molecular weight is 297 g/mol. The Balaban J connectivity index is 2.19. The standard InChI is InChI=1S/C18H23N3O/c1-6-9-21-11-12-7-8-14-17(2,3)16(22)13(19-5)10-18(14,4)15(12)20-21/h10-11,14H,6-9H2,1-4H3/t14-,18-/m0/s1. The van der Waals surface area contributed by atoms with E-state index in [9.17, 15) is 4.79 Å². The highest BCUT2D eigenvalue weighted by atomic mass is 16.1. The van der Waals surface area contributed by atoms with Crippen LogP contribution in [-0.2, 0) is 23.2 Å². The fraction of sp³-hybridized carbons (Fsp3) is 0.611. The molecule has 116 valence electrons. The fourth-order valence-electron chi connectivity index (χ4n) is 4.41. The van der Waals surface area contributed by atoms with Crippen molar-refractivity contribution in [3.05, 3.63) is 40.6 Å². The lowest BCUT2D eigenvalue weighted by atomic mass is 9.53. The molecule has 0 bridgehead atoms. The number of fused-ring (bicyclic) bond motifs is 3. The first-order valence-corrected chi connectivity index (χ1v) is 8.06. The highest BCUT2D eigenvalue weighted by Gasteiger charge is 2.54. The number of Topliss-reactive ketones (excluding diaryl/α,β-unsaturated/α-hetero) is 1. The molecule has 0 unspecified atom stereocenters. The number of aromatic nitrogens is 2. The molecule has 0 radical (unpaired) electrons. The predicted octanol–water partition coefficient (Wildman–Crippen LogP) is 3.53. The minimum Gasteiger partial charge on any atom is -0.307 e. The maximum Gasteiger partial charge on any atom is 0.226 e. The molecule has 0 N–H and O–H groups in total. The summed E-state index contributed by atoms with van der Waals surface area (Å²) in [5.41, 5.74) is 1.80. The molecule has 0 aliphatic heterocycles. The third-order valence-corrected chi connectivity index (χ3v) is 5.47. The van der Waals surface area contributed by atoms with E-state index in [1.807, 2.05) is 24.6 Å². The number of ketones is 1. The van der Waals surface area contributed by atoms with Crippen molar-refractivity contribution < 1.29 is 4.79 Å². The third-order valence-electron chi connectivity index (χ3n) is 5.47. The molecule has 2 atom stereocenters. The smallest absolute Gasteiger partial charge is 0.226 e. The number of rotatable bonds is 2. The van der Waals surface area contributed by atoms with E-state index in [1.165, 1.54) is 5.56 Å². The first-order valence-electron chi connectivity index (χ1n) is 8.06. The van der Waals surface area contributed by atoms with E-state index in [4.69, 9.17) is 11.7 Å². The molecule has 0 fully saturated rings. The van der Waals surface area contributed by atoms with Crippen molar-refractivity contribution in [1.82, 2.24) is 9.78 Å². The van der Waals surface area contributed by atoms with Gasteiger partial charge < -0.3 is 4.79 Å². The second-order valence-electron chi connectivity index (χ2n) is 7.33. The number of aryl methyl sites for hydroxylation is 2. The van der Waals surface area contributed by atoms with Crippen LogP contribution in [0.2, 0.25) is 0 Å². The van der Waals surface area contributed by atoms with Crippen molar-refractivity contribution in [2.24, 2.45) is 11.3 Å². The molecule has 0 amide bonds. The van der Waals surface area contributed by atoms with Gasteiger partial charge in [0.1, 0.15) is 0 Å². The summed E-state index contributed by atoms with van der Waals surface area (Å²) in [7, 11) is 0. The summed E-state index contributed by atoms with van der Waals surface area (Å²) in [6.45, 7) is 16.6. The maximum atomic E-state index is 12.6. The zero-order valence-corrected chi connectivity index (χ0v) is 13.8. The second-order valence-corrected chi connectivity index (χ2v) is 7.33. The summed E-state index contributed by atoms with van der Waals surface area (Å²) in [4.78, 5) is 16.1. The molecule has 0 spiro atoms. The lowest BCUT2D eigenvalue weighted by Crippen LogP contribution is -2.50. The molecular weight excluding hydrogens is 274 g/mol. The van der Waals surface area contributed by atoms with Gasteiger partial charge in [-0.15, -0.1) is 0 Å². The van der Waals surface area contributed by atoms with Crippen molar-refractivity contribution in [2.45, 2.75) is 58.9 Å². The van der Waals surface area contributed by atoms with Gasteiger partial charge in [-0.3, -0.25) is 4.68 Å². The van der Waals surface area contributed by atoms with Crippen molar-refractivity contribution in [3.63, 3.8) is 0 Å². The number of hydrogen-bond acceptors (Lipinski definition) is 2. The molecule has 0 saturated heterocycles. The van der Waals surface area contributed by atoms with E-state index < -0.39 is 5.41 Å². The van der Waals surface area contributed by atoms with E-state index in [0.29, 0.717) is 0 Å². The van der Waals surface area contributed by atoms with Crippen LogP contribution in [0, 0.1) is 17.9 Å².